The van der Waals surface area contributed by atoms with E-state index in [4.69, 9.17) is 0 Å². The van der Waals surface area contributed by atoms with E-state index in [0.717, 1.165) is 37.4 Å². The molecule has 1 amide bonds. The van der Waals surface area contributed by atoms with E-state index in [2.05, 4.69) is 27.4 Å². The lowest BCUT2D eigenvalue weighted by molar-refractivity contribution is 0.0912. The van der Waals surface area contributed by atoms with E-state index in [1.54, 1.807) is 0 Å². The first-order valence-corrected chi connectivity index (χ1v) is 6.95. The van der Waals surface area contributed by atoms with Gasteiger partial charge in [-0.15, -0.1) is 5.10 Å². The second kappa shape index (κ2) is 4.71. The van der Waals surface area contributed by atoms with Gasteiger partial charge in [0.05, 0.1) is 0 Å². The molecule has 2 fully saturated rings. The van der Waals surface area contributed by atoms with Crippen LogP contribution in [0.5, 0.6) is 0 Å². The molecule has 0 aliphatic heterocycles. The van der Waals surface area contributed by atoms with Crippen LogP contribution in [-0.4, -0.2) is 27.1 Å². The smallest absolute Gasteiger partial charge is 0.291 e. The average molecular weight is 248 g/mol. The zero-order chi connectivity index (χ0) is 12.5. The Hall–Kier alpha value is -1.39. The average Bonchev–Trinajstić information content (AvgIpc) is 3.10. The molecule has 5 nitrogen and oxygen atoms in total. The van der Waals surface area contributed by atoms with E-state index in [-0.39, 0.29) is 5.91 Å². The van der Waals surface area contributed by atoms with Gasteiger partial charge in [0.25, 0.3) is 5.91 Å². The van der Waals surface area contributed by atoms with E-state index < -0.39 is 0 Å². The Labute approximate surface area is 107 Å². The highest BCUT2D eigenvalue weighted by Crippen LogP contribution is 2.37. The minimum atomic E-state index is -0.127. The molecule has 98 valence electrons. The molecule has 0 radical (unpaired) electrons. The summed E-state index contributed by atoms with van der Waals surface area (Å²) in [5.41, 5.74) is 0. The van der Waals surface area contributed by atoms with Crippen molar-refractivity contribution in [1.82, 2.24) is 20.5 Å². The molecule has 2 saturated carbocycles. The molecule has 0 bridgehead atoms. The first-order chi connectivity index (χ1) is 8.72. The van der Waals surface area contributed by atoms with Gasteiger partial charge in [-0.05, 0) is 44.4 Å². The topological polar surface area (TPSA) is 70.7 Å². The van der Waals surface area contributed by atoms with Gasteiger partial charge in [0, 0.05) is 12.0 Å². The number of carbonyl (C=O) groups excluding carboxylic acids is 1. The number of aromatic nitrogens is 3. The monoisotopic (exact) mass is 248 g/mol. The number of hydrogen-bond acceptors (Lipinski definition) is 3. The van der Waals surface area contributed by atoms with Crippen molar-refractivity contribution in [3.05, 3.63) is 11.6 Å². The van der Waals surface area contributed by atoms with Crippen molar-refractivity contribution in [2.24, 2.45) is 5.92 Å². The van der Waals surface area contributed by atoms with Crippen LogP contribution in [0.15, 0.2) is 0 Å². The molecule has 0 unspecified atom stereocenters. The Morgan fingerprint density at radius 3 is 2.61 bits per heavy atom. The van der Waals surface area contributed by atoms with E-state index in [1.165, 1.54) is 12.8 Å². The molecule has 5 heteroatoms. The van der Waals surface area contributed by atoms with Crippen LogP contribution in [0, 0.1) is 5.92 Å². The summed E-state index contributed by atoms with van der Waals surface area (Å²) in [4.78, 5) is 16.3. The van der Waals surface area contributed by atoms with Gasteiger partial charge in [-0.3, -0.25) is 9.89 Å². The molecular formula is C13H20N4O. The Morgan fingerprint density at radius 1 is 1.22 bits per heavy atom. The fourth-order valence-electron chi connectivity index (χ4n) is 2.57. The van der Waals surface area contributed by atoms with Crippen molar-refractivity contribution in [3.8, 4) is 0 Å². The molecule has 3 rings (SSSR count). The minimum absolute atomic E-state index is 0.127. The normalized spacial score (nSPS) is 28.1. The maximum Gasteiger partial charge on any atom is 0.291 e. The van der Waals surface area contributed by atoms with E-state index in [0.29, 0.717) is 17.8 Å². The quantitative estimate of drug-likeness (QED) is 0.859. The van der Waals surface area contributed by atoms with Crippen molar-refractivity contribution in [2.45, 2.75) is 57.4 Å². The molecule has 0 atom stereocenters. The first-order valence-electron chi connectivity index (χ1n) is 6.95. The lowest BCUT2D eigenvalue weighted by Crippen LogP contribution is -2.37. The highest BCUT2D eigenvalue weighted by Gasteiger charge is 2.28. The van der Waals surface area contributed by atoms with Crippen LogP contribution < -0.4 is 5.32 Å². The molecule has 2 N–H and O–H groups in total. The van der Waals surface area contributed by atoms with Gasteiger partial charge >= 0.3 is 0 Å². The molecule has 1 heterocycles. The van der Waals surface area contributed by atoms with E-state index >= 15 is 0 Å². The lowest BCUT2D eigenvalue weighted by Gasteiger charge is -2.26. The van der Waals surface area contributed by atoms with Crippen LogP contribution >= 0.6 is 0 Å². The third kappa shape index (κ3) is 2.54. The summed E-state index contributed by atoms with van der Waals surface area (Å²) in [6.07, 6.45) is 6.88. The Morgan fingerprint density at radius 2 is 1.94 bits per heavy atom. The van der Waals surface area contributed by atoms with Gasteiger partial charge < -0.3 is 5.32 Å². The fourth-order valence-corrected chi connectivity index (χ4v) is 2.57. The van der Waals surface area contributed by atoms with Crippen molar-refractivity contribution in [2.75, 3.05) is 0 Å². The van der Waals surface area contributed by atoms with Crippen molar-refractivity contribution >= 4 is 5.91 Å². The summed E-state index contributed by atoms with van der Waals surface area (Å²) >= 11 is 0. The number of H-pyrrole nitrogens is 1. The summed E-state index contributed by atoms with van der Waals surface area (Å²) < 4.78 is 0. The number of nitrogens with one attached hydrogen (secondary N) is 2. The lowest BCUT2D eigenvalue weighted by atomic mass is 9.87. The van der Waals surface area contributed by atoms with Crippen LogP contribution in [0.4, 0.5) is 0 Å². The van der Waals surface area contributed by atoms with Gasteiger partial charge in [0.15, 0.2) is 0 Å². The summed E-state index contributed by atoms with van der Waals surface area (Å²) in [7, 11) is 0. The fraction of sp³-hybridized carbons (Fsp3) is 0.769. The van der Waals surface area contributed by atoms with Crippen LogP contribution in [0.3, 0.4) is 0 Å². The summed E-state index contributed by atoms with van der Waals surface area (Å²) in [5.74, 6) is 2.35. The van der Waals surface area contributed by atoms with Crippen LogP contribution in [0.1, 0.15) is 67.8 Å². The van der Waals surface area contributed by atoms with E-state index in [1.807, 2.05) is 0 Å². The summed E-state index contributed by atoms with van der Waals surface area (Å²) in [6.45, 7) is 2.27. The predicted octanol–water partition coefficient (Wildman–Crippen LogP) is 1.99. The minimum Gasteiger partial charge on any atom is -0.347 e. The molecule has 0 saturated heterocycles. The SMILES string of the molecule is CC1CCC(NC(=O)c2n[nH]c(C3CC3)n2)CC1. The largest absolute Gasteiger partial charge is 0.347 e. The summed E-state index contributed by atoms with van der Waals surface area (Å²) in [6, 6.07) is 0.302. The Balaban J connectivity index is 1.56. The number of nitrogens with zero attached hydrogens (tertiary/aromatic N) is 2. The maximum absolute atomic E-state index is 12.0. The van der Waals surface area contributed by atoms with Crippen LogP contribution in [-0.2, 0) is 0 Å². The Kier molecular flexibility index (Phi) is 3.06. The standard InChI is InChI=1S/C13H20N4O/c1-8-2-6-10(7-3-8)14-13(18)12-15-11(16-17-12)9-4-5-9/h8-10H,2-7H2,1H3,(H,14,18)(H,15,16,17). The van der Waals surface area contributed by atoms with Crippen molar-refractivity contribution in [3.63, 3.8) is 0 Å². The second-order valence-corrected chi connectivity index (χ2v) is 5.75. The number of amides is 1. The van der Waals surface area contributed by atoms with Gasteiger partial charge in [0.2, 0.25) is 5.82 Å². The molecule has 0 aromatic carbocycles. The second-order valence-electron chi connectivity index (χ2n) is 5.75. The highest BCUT2D eigenvalue weighted by atomic mass is 16.2. The molecule has 2 aliphatic carbocycles. The third-order valence-corrected chi connectivity index (χ3v) is 4.02. The number of aromatic amines is 1. The third-order valence-electron chi connectivity index (χ3n) is 4.02. The zero-order valence-corrected chi connectivity index (χ0v) is 10.8. The summed E-state index contributed by atoms with van der Waals surface area (Å²) in [5, 5.41) is 9.93. The molecular weight excluding hydrogens is 228 g/mol. The maximum atomic E-state index is 12.0. The number of rotatable bonds is 3. The van der Waals surface area contributed by atoms with Gasteiger partial charge in [0.1, 0.15) is 5.82 Å². The molecule has 2 aliphatic rings. The molecule has 1 aromatic heterocycles. The van der Waals surface area contributed by atoms with Gasteiger partial charge in [-0.25, -0.2) is 4.98 Å². The first kappa shape index (κ1) is 11.7. The number of carbonyl (C=O) groups is 1. The molecule has 1 aromatic rings. The van der Waals surface area contributed by atoms with Crippen LogP contribution in [0.25, 0.3) is 0 Å². The van der Waals surface area contributed by atoms with Gasteiger partial charge in [-0.2, -0.15) is 0 Å². The van der Waals surface area contributed by atoms with Crippen molar-refractivity contribution in [1.29, 1.82) is 0 Å². The highest BCUT2D eigenvalue weighted by molar-refractivity contribution is 5.90. The van der Waals surface area contributed by atoms with Gasteiger partial charge in [-0.1, -0.05) is 6.92 Å². The van der Waals surface area contributed by atoms with Crippen molar-refractivity contribution < 1.29 is 4.79 Å². The molecule has 0 spiro atoms. The predicted molar refractivity (Wildman–Crippen MR) is 67.2 cm³/mol. The Bertz CT molecular complexity index is 430. The van der Waals surface area contributed by atoms with E-state index in [9.17, 15) is 4.79 Å². The zero-order valence-electron chi connectivity index (χ0n) is 10.8. The van der Waals surface area contributed by atoms with Crippen LogP contribution in [0.2, 0.25) is 0 Å². The molecule has 18 heavy (non-hydrogen) atoms. The number of hydrogen-bond donors (Lipinski definition) is 2.